The molecule has 5 nitrogen and oxygen atoms in total. The number of likely N-dealkylation sites (N-methyl/N-ethyl adjacent to an activating group) is 1. The summed E-state index contributed by atoms with van der Waals surface area (Å²) < 4.78 is 0. The zero-order valence-corrected chi connectivity index (χ0v) is 15.3. The first-order chi connectivity index (χ1) is 12.0. The Balaban J connectivity index is 1.53. The van der Waals surface area contributed by atoms with Crippen LogP contribution in [0.2, 0.25) is 5.02 Å². The van der Waals surface area contributed by atoms with Crippen molar-refractivity contribution >= 4 is 23.5 Å². The summed E-state index contributed by atoms with van der Waals surface area (Å²) in [6.45, 7) is 4.21. The number of hydrogen-bond acceptors (Lipinski definition) is 3. The van der Waals surface area contributed by atoms with Gasteiger partial charge in [0, 0.05) is 30.1 Å². The second kappa shape index (κ2) is 7.75. The minimum absolute atomic E-state index is 0.0535. The molecule has 1 amide bonds. The van der Waals surface area contributed by atoms with Crippen molar-refractivity contribution in [1.82, 2.24) is 9.80 Å². The van der Waals surface area contributed by atoms with Crippen molar-refractivity contribution in [1.29, 1.82) is 0 Å². The van der Waals surface area contributed by atoms with E-state index in [2.05, 4.69) is 0 Å². The third kappa shape index (κ3) is 4.15. The molecular weight excluding hydrogens is 340 g/mol. The standard InChI is InChI=1S/C19H25ClN2O3/c1-2-21(12-18(23)24)13-7-9-22(10-8-13)19(25)16-11-15(16)14-5-3-4-6-17(14)20/h3-6,13,15-16H,2,7-12H2,1H3,(H,23,24). The number of hydrogen-bond donors (Lipinski definition) is 1. The maximum Gasteiger partial charge on any atom is 0.317 e. The van der Waals surface area contributed by atoms with E-state index >= 15 is 0 Å². The summed E-state index contributed by atoms with van der Waals surface area (Å²) in [4.78, 5) is 27.7. The number of carbonyl (C=O) groups excluding carboxylic acids is 1. The predicted molar refractivity (Wildman–Crippen MR) is 96.8 cm³/mol. The highest BCUT2D eigenvalue weighted by molar-refractivity contribution is 6.31. The zero-order valence-electron chi connectivity index (χ0n) is 14.5. The van der Waals surface area contributed by atoms with Gasteiger partial charge in [-0.2, -0.15) is 0 Å². The first-order valence-electron chi connectivity index (χ1n) is 9.00. The molecule has 3 rings (SSSR count). The number of carbonyl (C=O) groups is 2. The van der Waals surface area contributed by atoms with Crippen molar-refractivity contribution in [2.24, 2.45) is 5.92 Å². The van der Waals surface area contributed by atoms with Crippen LogP contribution >= 0.6 is 11.6 Å². The number of carboxylic acid groups (broad SMARTS) is 1. The molecule has 1 heterocycles. The topological polar surface area (TPSA) is 60.9 Å². The molecule has 0 spiro atoms. The maximum atomic E-state index is 12.8. The second-order valence-corrected chi connectivity index (χ2v) is 7.39. The average molecular weight is 365 g/mol. The SMILES string of the molecule is CCN(CC(=O)O)C1CCN(C(=O)C2CC2c2ccccc2Cl)CC1. The smallest absolute Gasteiger partial charge is 0.317 e. The Hall–Kier alpha value is -1.59. The van der Waals surface area contributed by atoms with Crippen LogP contribution in [0.1, 0.15) is 37.7 Å². The molecule has 0 radical (unpaired) electrons. The summed E-state index contributed by atoms with van der Waals surface area (Å²) >= 11 is 6.25. The molecule has 2 atom stereocenters. The Labute approximate surface area is 153 Å². The van der Waals surface area contributed by atoms with Crippen LogP contribution in [0.5, 0.6) is 0 Å². The highest BCUT2D eigenvalue weighted by Gasteiger charge is 2.47. The van der Waals surface area contributed by atoms with Crippen LogP contribution in [0.15, 0.2) is 24.3 Å². The molecule has 1 aliphatic heterocycles. The highest BCUT2D eigenvalue weighted by Crippen LogP contribution is 2.50. The molecule has 0 aromatic heterocycles. The van der Waals surface area contributed by atoms with E-state index in [1.807, 2.05) is 41.0 Å². The molecule has 1 saturated heterocycles. The first kappa shape index (κ1) is 18.2. The van der Waals surface area contributed by atoms with E-state index in [4.69, 9.17) is 16.7 Å². The molecule has 136 valence electrons. The summed E-state index contributed by atoms with van der Waals surface area (Å²) in [5, 5.41) is 9.75. The second-order valence-electron chi connectivity index (χ2n) is 6.98. The molecule has 1 aliphatic carbocycles. The van der Waals surface area contributed by atoms with E-state index in [9.17, 15) is 9.59 Å². The van der Waals surface area contributed by atoms with Crippen molar-refractivity contribution in [2.75, 3.05) is 26.2 Å². The maximum absolute atomic E-state index is 12.8. The molecule has 2 fully saturated rings. The molecule has 1 N–H and O–H groups in total. The van der Waals surface area contributed by atoms with Crippen LogP contribution in [-0.2, 0) is 9.59 Å². The number of benzene rings is 1. The number of nitrogens with zero attached hydrogens (tertiary/aromatic N) is 2. The van der Waals surface area contributed by atoms with Crippen molar-refractivity contribution in [2.45, 2.75) is 38.1 Å². The third-order valence-corrected chi connectivity index (χ3v) is 5.79. The van der Waals surface area contributed by atoms with Crippen molar-refractivity contribution in [3.8, 4) is 0 Å². The van der Waals surface area contributed by atoms with Crippen molar-refractivity contribution in [3.63, 3.8) is 0 Å². The van der Waals surface area contributed by atoms with Gasteiger partial charge in [-0.3, -0.25) is 14.5 Å². The number of likely N-dealkylation sites (tertiary alicyclic amines) is 1. The summed E-state index contributed by atoms with van der Waals surface area (Å²) in [7, 11) is 0. The van der Waals surface area contributed by atoms with Gasteiger partial charge < -0.3 is 10.0 Å². The highest BCUT2D eigenvalue weighted by atomic mass is 35.5. The minimum atomic E-state index is -0.791. The molecule has 0 bridgehead atoms. The van der Waals surface area contributed by atoms with Gasteiger partial charge in [0.25, 0.3) is 0 Å². The van der Waals surface area contributed by atoms with E-state index < -0.39 is 5.97 Å². The Kier molecular flexibility index (Phi) is 5.64. The number of halogens is 1. The number of rotatable bonds is 6. The van der Waals surface area contributed by atoms with Crippen LogP contribution in [0.25, 0.3) is 0 Å². The van der Waals surface area contributed by atoms with Gasteiger partial charge in [0.1, 0.15) is 0 Å². The average Bonchev–Trinajstić information content (AvgIpc) is 3.40. The molecule has 2 unspecified atom stereocenters. The van der Waals surface area contributed by atoms with Gasteiger partial charge in [0.2, 0.25) is 5.91 Å². The van der Waals surface area contributed by atoms with Gasteiger partial charge >= 0.3 is 5.97 Å². The Morgan fingerprint density at radius 2 is 1.96 bits per heavy atom. The first-order valence-corrected chi connectivity index (χ1v) is 9.38. The van der Waals surface area contributed by atoms with Gasteiger partial charge in [-0.1, -0.05) is 36.7 Å². The number of amides is 1. The lowest BCUT2D eigenvalue weighted by Gasteiger charge is -2.37. The number of piperidine rings is 1. The lowest BCUT2D eigenvalue weighted by molar-refractivity contribution is -0.140. The van der Waals surface area contributed by atoms with E-state index in [0.717, 1.165) is 36.4 Å². The fourth-order valence-electron chi connectivity index (χ4n) is 3.95. The van der Waals surface area contributed by atoms with Gasteiger partial charge in [-0.05, 0) is 43.4 Å². The van der Waals surface area contributed by atoms with Crippen LogP contribution in [0.3, 0.4) is 0 Å². The molecule has 2 aliphatic rings. The normalized spacial score (nSPS) is 23.7. The fraction of sp³-hybridized carbons (Fsp3) is 0.579. The quantitative estimate of drug-likeness (QED) is 0.843. The summed E-state index contributed by atoms with van der Waals surface area (Å²) in [6, 6.07) is 8.02. The molecular formula is C19H25ClN2O3. The van der Waals surface area contributed by atoms with Gasteiger partial charge in [-0.25, -0.2) is 0 Å². The zero-order chi connectivity index (χ0) is 18.0. The van der Waals surface area contributed by atoms with E-state index in [0.29, 0.717) is 13.1 Å². The minimum Gasteiger partial charge on any atom is -0.480 e. The Morgan fingerprint density at radius 3 is 2.56 bits per heavy atom. The lowest BCUT2D eigenvalue weighted by atomic mass is 10.0. The summed E-state index contributed by atoms with van der Waals surface area (Å²) in [5.41, 5.74) is 1.08. The van der Waals surface area contributed by atoms with Crippen LogP contribution in [-0.4, -0.2) is 59.0 Å². The van der Waals surface area contributed by atoms with Gasteiger partial charge in [0.05, 0.1) is 6.54 Å². The molecule has 25 heavy (non-hydrogen) atoms. The lowest BCUT2D eigenvalue weighted by Crippen LogP contribution is -2.48. The van der Waals surface area contributed by atoms with Crippen molar-refractivity contribution < 1.29 is 14.7 Å². The molecule has 1 aromatic rings. The molecule has 1 saturated carbocycles. The van der Waals surface area contributed by atoms with Gasteiger partial charge in [0.15, 0.2) is 0 Å². The monoisotopic (exact) mass is 364 g/mol. The number of aliphatic carboxylic acids is 1. The number of carboxylic acids is 1. The van der Waals surface area contributed by atoms with Crippen LogP contribution in [0.4, 0.5) is 0 Å². The predicted octanol–water partition coefficient (Wildman–Crippen LogP) is 2.84. The Bertz CT molecular complexity index is 643. The molecule has 1 aromatic carbocycles. The third-order valence-electron chi connectivity index (χ3n) is 5.45. The van der Waals surface area contributed by atoms with E-state index in [1.165, 1.54) is 0 Å². The summed E-state index contributed by atoms with van der Waals surface area (Å²) in [5.74, 6) is -0.263. The van der Waals surface area contributed by atoms with Crippen LogP contribution < -0.4 is 0 Å². The largest absolute Gasteiger partial charge is 0.480 e. The summed E-state index contributed by atoms with van der Waals surface area (Å²) in [6.07, 6.45) is 2.56. The van der Waals surface area contributed by atoms with E-state index in [-0.39, 0.29) is 30.3 Å². The van der Waals surface area contributed by atoms with E-state index in [1.54, 1.807) is 0 Å². The van der Waals surface area contributed by atoms with Gasteiger partial charge in [-0.15, -0.1) is 0 Å². The molecule has 6 heteroatoms. The van der Waals surface area contributed by atoms with Crippen molar-refractivity contribution in [3.05, 3.63) is 34.9 Å². The van der Waals surface area contributed by atoms with Crippen LogP contribution in [0, 0.1) is 5.92 Å². The fourth-order valence-corrected chi connectivity index (χ4v) is 4.22. The Morgan fingerprint density at radius 1 is 1.28 bits per heavy atom.